The summed E-state index contributed by atoms with van der Waals surface area (Å²) < 4.78 is 0. The van der Waals surface area contributed by atoms with E-state index in [1.165, 1.54) is 37.7 Å². The van der Waals surface area contributed by atoms with Crippen LogP contribution >= 0.6 is 12.2 Å². The summed E-state index contributed by atoms with van der Waals surface area (Å²) in [5, 5.41) is 7.32. The Bertz CT molecular complexity index is 884. The first-order chi connectivity index (χ1) is 14.9. The highest BCUT2D eigenvalue weighted by Gasteiger charge is 2.35. The third-order valence-corrected chi connectivity index (χ3v) is 7.04. The fraction of sp³-hybridized carbons (Fsp3) is 0.560. The monoisotopic (exact) mass is 437 g/mol. The number of nitrogens with one attached hydrogen (secondary N) is 2. The first kappa shape index (κ1) is 22.0. The predicted molar refractivity (Wildman–Crippen MR) is 133 cm³/mol. The quantitative estimate of drug-likeness (QED) is 0.637. The summed E-state index contributed by atoms with van der Waals surface area (Å²) >= 11 is 5.63. The normalized spacial score (nSPS) is 22.9. The molecule has 4 rings (SSSR count). The summed E-state index contributed by atoms with van der Waals surface area (Å²) in [6.45, 7) is 9.58. The van der Waals surface area contributed by atoms with Gasteiger partial charge in [-0.2, -0.15) is 4.98 Å². The van der Waals surface area contributed by atoms with Gasteiger partial charge in [0.2, 0.25) is 5.95 Å². The Morgan fingerprint density at radius 1 is 1.10 bits per heavy atom. The summed E-state index contributed by atoms with van der Waals surface area (Å²) in [7, 11) is 0. The Labute approximate surface area is 192 Å². The van der Waals surface area contributed by atoms with Crippen LogP contribution in [0, 0.1) is 18.8 Å². The smallest absolute Gasteiger partial charge is 0.231 e. The molecule has 1 aliphatic heterocycles. The minimum atomic E-state index is 0.158. The zero-order valence-electron chi connectivity index (χ0n) is 19.0. The van der Waals surface area contributed by atoms with Gasteiger partial charge in [-0.3, -0.25) is 0 Å². The summed E-state index contributed by atoms with van der Waals surface area (Å²) in [5.74, 6) is 2.93. The van der Waals surface area contributed by atoms with Gasteiger partial charge in [-0.15, -0.1) is 0 Å². The molecule has 2 unspecified atom stereocenters. The van der Waals surface area contributed by atoms with Gasteiger partial charge in [0.15, 0.2) is 5.11 Å². The molecule has 1 aromatic carbocycles. The highest BCUT2D eigenvalue weighted by atomic mass is 32.1. The summed E-state index contributed by atoms with van der Waals surface area (Å²) in [4.78, 5) is 11.8. The van der Waals surface area contributed by atoms with Gasteiger partial charge in [0.25, 0.3) is 0 Å². The number of aromatic nitrogens is 2. The molecule has 166 valence electrons. The molecule has 1 aliphatic carbocycles. The zero-order valence-corrected chi connectivity index (χ0v) is 19.8. The highest BCUT2D eigenvalue weighted by molar-refractivity contribution is 7.80. The van der Waals surface area contributed by atoms with Crippen LogP contribution in [0.25, 0.3) is 0 Å². The highest BCUT2D eigenvalue weighted by Crippen LogP contribution is 2.40. The molecule has 2 fully saturated rings. The SMILES string of the molecule is Cc1cc(N2CC(C)CC(C)C2)nc(NC(=S)NCC2(c3ccccc3)CCCC2)n1. The van der Waals surface area contributed by atoms with Gasteiger partial charge in [0.05, 0.1) is 0 Å². The molecule has 2 heterocycles. The van der Waals surface area contributed by atoms with Crippen molar-refractivity contribution in [2.75, 3.05) is 29.9 Å². The van der Waals surface area contributed by atoms with Gasteiger partial charge < -0.3 is 15.5 Å². The Morgan fingerprint density at radius 3 is 2.45 bits per heavy atom. The van der Waals surface area contributed by atoms with E-state index < -0.39 is 0 Å². The molecule has 31 heavy (non-hydrogen) atoms. The van der Waals surface area contributed by atoms with E-state index in [0.29, 0.717) is 22.9 Å². The maximum atomic E-state index is 5.63. The largest absolute Gasteiger partial charge is 0.361 e. The predicted octanol–water partition coefficient (Wildman–Crippen LogP) is 5.07. The summed E-state index contributed by atoms with van der Waals surface area (Å²) in [6, 6.07) is 12.9. The van der Waals surface area contributed by atoms with E-state index in [9.17, 15) is 0 Å². The van der Waals surface area contributed by atoms with Gasteiger partial charge in [-0.25, -0.2) is 4.98 Å². The third kappa shape index (κ3) is 5.35. The van der Waals surface area contributed by atoms with Crippen LogP contribution in [0.2, 0.25) is 0 Å². The lowest BCUT2D eigenvalue weighted by Crippen LogP contribution is -2.41. The van der Waals surface area contributed by atoms with Crippen LogP contribution in [0.4, 0.5) is 11.8 Å². The molecule has 0 amide bonds. The molecule has 2 aromatic rings. The second-order valence-electron chi connectivity index (χ2n) is 9.70. The van der Waals surface area contributed by atoms with Gasteiger partial charge >= 0.3 is 0 Å². The Kier molecular flexibility index (Phi) is 6.75. The van der Waals surface area contributed by atoms with Crippen molar-refractivity contribution in [3.63, 3.8) is 0 Å². The van der Waals surface area contributed by atoms with Gasteiger partial charge in [-0.1, -0.05) is 57.0 Å². The lowest BCUT2D eigenvalue weighted by Gasteiger charge is -2.36. The molecule has 6 heteroatoms. The fourth-order valence-corrected chi connectivity index (χ4v) is 5.59. The van der Waals surface area contributed by atoms with Crippen LogP contribution in [0.15, 0.2) is 36.4 Å². The number of benzene rings is 1. The molecule has 1 saturated carbocycles. The van der Waals surface area contributed by atoms with Gasteiger partial charge in [0.1, 0.15) is 5.82 Å². The average molecular weight is 438 g/mol. The fourth-order valence-electron chi connectivity index (χ4n) is 5.43. The van der Waals surface area contributed by atoms with Gasteiger partial charge in [-0.05, 0) is 55.8 Å². The number of hydrogen-bond acceptors (Lipinski definition) is 4. The Balaban J connectivity index is 1.42. The molecule has 2 atom stereocenters. The zero-order chi connectivity index (χ0) is 21.8. The first-order valence-corrected chi connectivity index (χ1v) is 12.1. The number of rotatable bonds is 5. The van der Waals surface area contributed by atoms with E-state index in [4.69, 9.17) is 17.2 Å². The summed E-state index contributed by atoms with van der Waals surface area (Å²) in [5.41, 5.74) is 2.52. The lowest BCUT2D eigenvalue weighted by molar-refractivity contribution is 0.355. The molecule has 0 bridgehead atoms. The number of piperidine rings is 1. The molecule has 0 radical (unpaired) electrons. The van der Waals surface area contributed by atoms with Crippen molar-refractivity contribution in [1.82, 2.24) is 15.3 Å². The molecular weight excluding hydrogens is 402 g/mol. The van der Waals surface area contributed by atoms with E-state index >= 15 is 0 Å². The van der Waals surface area contributed by atoms with E-state index in [1.807, 2.05) is 6.92 Å². The van der Waals surface area contributed by atoms with Crippen LogP contribution in [-0.2, 0) is 5.41 Å². The van der Waals surface area contributed by atoms with Crippen LogP contribution in [-0.4, -0.2) is 34.7 Å². The second-order valence-corrected chi connectivity index (χ2v) is 10.1. The molecule has 2 aliphatic rings. The van der Waals surface area contributed by atoms with Crippen molar-refractivity contribution < 1.29 is 0 Å². The molecule has 5 nitrogen and oxygen atoms in total. The van der Waals surface area contributed by atoms with Crippen LogP contribution in [0.3, 0.4) is 0 Å². The van der Waals surface area contributed by atoms with E-state index in [2.05, 4.69) is 70.8 Å². The maximum Gasteiger partial charge on any atom is 0.231 e. The van der Waals surface area contributed by atoms with Crippen molar-refractivity contribution in [3.05, 3.63) is 47.7 Å². The van der Waals surface area contributed by atoms with Crippen molar-refractivity contribution in [2.24, 2.45) is 11.8 Å². The van der Waals surface area contributed by atoms with Gasteiger partial charge in [0, 0.05) is 36.8 Å². The second kappa shape index (κ2) is 9.51. The van der Waals surface area contributed by atoms with E-state index in [0.717, 1.165) is 31.1 Å². The lowest BCUT2D eigenvalue weighted by atomic mass is 9.79. The average Bonchev–Trinajstić information content (AvgIpc) is 3.22. The molecule has 1 saturated heterocycles. The maximum absolute atomic E-state index is 5.63. The number of thiocarbonyl (C=S) groups is 1. The van der Waals surface area contributed by atoms with Crippen molar-refractivity contribution in [3.8, 4) is 0 Å². The van der Waals surface area contributed by atoms with E-state index in [-0.39, 0.29) is 5.41 Å². The number of hydrogen-bond donors (Lipinski definition) is 2. The topological polar surface area (TPSA) is 53.1 Å². The third-order valence-electron chi connectivity index (χ3n) is 6.79. The Hall–Kier alpha value is -2.21. The number of anilines is 2. The number of nitrogens with zero attached hydrogens (tertiary/aromatic N) is 3. The van der Waals surface area contributed by atoms with Crippen LogP contribution < -0.4 is 15.5 Å². The molecule has 2 N–H and O–H groups in total. The van der Waals surface area contributed by atoms with Crippen LogP contribution in [0.1, 0.15) is 57.2 Å². The Morgan fingerprint density at radius 2 is 1.77 bits per heavy atom. The van der Waals surface area contributed by atoms with Crippen molar-refractivity contribution in [2.45, 2.75) is 58.3 Å². The molecule has 1 aromatic heterocycles. The molecular formula is C25H35N5S. The van der Waals surface area contributed by atoms with Crippen molar-refractivity contribution >= 4 is 29.1 Å². The summed E-state index contributed by atoms with van der Waals surface area (Å²) in [6.07, 6.45) is 6.22. The molecule has 0 spiro atoms. The van der Waals surface area contributed by atoms with Crippen LogP contribution in [0.5, 0.6) is 0 Å². The standard InChI is InChI=1S/C25H35N5S/c1-18-13-19(2)16-30(15-18)22-14-20(3)27-23(28-22)29-24(31)26-17-25(11-7-8-12-25)21-9-5-4-6-10-21/h4-6,9-10,14,18-19H,7-8,11-13,15-17H2,1-3H3,(H2,26,27,28,29,31). The minimum absolute atomic E-state index is 0.158. The van der Waals surface area contributed by atoms with Crippen molar-refractivity contribution in [1.29, 1.82) is 0 Å². The number of aryl methyl sites for hydroxylation is 1. The first-order valence-electron chi connectivity index (χ1n) is 11.6. The van der Waals surface area contributed by atoms with E-state index in [1.54, 1.807) is 0 Å². The minimum Gasteiger partial charge on any atom is -0.361 e.